The van der Waals surface area contributed by atoms with E-state index in [-0.39, 0.29) is 11.8 Å². The molecule has 1 aliphatic rings. The molecule has 1 heterocycles. The molecule has 3 aromatic carbocycles. The van der Waals surface area contributed by atoms with Crippen molar-refractivity contribution in [2.24, 2.45) is 0 Å². The zero-order valence-electron chi connectivity index (χ0n) is 20.6. The van der Waals surface area contributed by atoms with Gasteiger partial charge in [-0.3, -0.25) is 9.59 Å². The zero-order valence-corrected chi connectivity index (χ0v) is 21.3. The first-order chi connectivity index (χ1) is 17.4. The van der Waals surface area contributed by atoms with Gasteiger partial charge in [0.2, 0.25) is 12.3 Å². The number of rotatable bonds is 8. The third-order valence-electron chi connectivity index (χ3n) is 6.30. The Hall–Kier alpha value is -3.84. The lowest BCUT2D eigenvalue weighted by atomic mass is 9.99. The normalized spacial score (nSPS) is 18.1. The summed E-state index contributed by atoms with van der Waals surface area (Å²) in [5.41, 5.74) is 6.25. The first-order valence-corrected chi connectivity index (χ1v) is 12.3. The summed E-state index contributed by atoms with van der Waals surface area (Å²) in [5, 5.41) is 3.50. The molecule has 1 aliphatic heterocycles. The molecule has 0 saturated carbocycles. The number of hydrazine groups is 1. The quantitative estimate of drug-likeness (QED) is 0.450. The van der Waals surface area contributed by atoms with Crippen molar-refractivity contribution >= 4 is 35.3 Å². The van der Waals surface area contributed by atoms with Crippen molar-refractivity contribution in [3.8, 4) is 5.75 Å². The average molecular weight is 506 g/mol. The highest BCUT2D eigenvalue weighted by atomic mass is 35.5. The van der Waals surface area contributed by atoms with Gasteiger partial charge < -0.3 is 15.0 Å². The van der Waals surface area contributed by atoms with E-state index in [1.807, 2.05) is 30.5 Å². The van der Waals surface area contributed by atoms with Gasteiger partial charge in [-0.25, -0.2) is 0 Å². The van der Waals surface area contributed by atoms with E-state index < -0.39 is 12.1 Å². The SMILES string of the molecule is CCN(CC)c1ccc(/C=[N+]2\NC(=O)[C@@H](NC(=O)c3ccc(OC)cc3)[C@H]2c2ccc(Cl)cc2)cc1. The lowest BCUT2D eigenvalue weighted by Gasteiger charge is -2.20. The topological polar surface area (TPSA) is 73.7 Å². The molecule has 36 heavy (non-hydrogen) atoms. The van der Waals surface area contributed by atoms with E-state index in [1.165, 1.54) is 0 Å². The summed E-state index contributed by atoms with van der Waals surface area (Å²) in [6.07, 6.45) is 1.88. The van der Waals surface area contributed by atoms with E-state index in [1.54, 1.807) is 48.2 Å². The molecule has 2 amide bonds. The van der Waals surface area contributed by atoms with Gasteiger partial charge in [0.25, 0.3) is 5.91 Å². The second kappa shape index (κ2) is 11.3. The fourth-order valence-corrected chi connectivity index (χ4v) is 4.45. The molecule has 0 radical (unpaired) electrons. The minimum Gasteiger partial charge on any atom is -0.497 e. The van der Waals surface area contributed by atoms with E-state index in [0.717, 1.165) is 29.9 Å². The largest absolute Gasteiger partial charge is 0.497 e. The molecule has 2 atom stereocenters. The van der Waals surface area contributed by atoms with Crippen molar-refractivity contribution in [3.63, 3.8) is 0 Å². The van der Waals surface area contributed by atoms with Crippen LogP contribution < -0.4 is 20.4 Å². The zero-order chi connectivity index (χ0) is 25.7. The minimum absolute atomic E-state index is 0.298. The highest BCUT2D eigenvalue weighted by Gasteiger charge is 2.47. The van der Waals surface area contributed by atoms with Crippen molar-refractivity contribution in [2.45, 2.75) is 25.9 Å². The van der Waals surface area contributed by atoms with Gasteiger partial charge in [0, 0.05) is 40.5 Å². The number of halogens is 1. The monoisotopic (exact) mass is 505 g/mol. The fourth-order valence-electron chi connectivity index (χ4n) is 4.33. The molecule has 2 N–H and O–H groups in total. The van der Waals surface area contributed by atoms with E-state index in [0.29, 0.717) is 16.3 Å². The van der Waals surface area contributed by atoms with E-state index >= 15 is 0 Å². The van der Waals surface area contributed by atoms with Gasteiger partial charge in [0.15, 0.2) is 6.04 Å². The number of carbonyl (C=O) groups is 2. The molecule has 0 bridgehead atoms. The predicted octanol–water partition coefficient (Wildman–Crippen LogP) is 4.21. The first-order valence-electron chi connectivity index (χ1n) is 11.9. The number of ether oxygens (including phenoxy) is 1. The molecule has 0 aromatic heterocycles. The van der Waals surface area contributed by atoms with Gasteiger partial charge in [-0.2, -0.15) is 0 Å². The number of hydrogen-bond acceptors (Lipinski definition) is 4. The molecule has 0 unspecified atom stereocenters. The number of anilines is 1. The van der Waals surface area contributed by atoms with Crippen LogP contribution in [0.4, 0.5) is 5.69 Å². The second-order valence-corrected chi connectivity index (χ2v) is 8.89. The van der Waals surface area contributed by atoms with Crippen LogP contribution in [0.25, 0.3) is 0 Å². The summed E-state index contributed by atoms with van der Waals surface area (Å²) >= 11 is 6.11. The summed E-state index contributed by atoms with van der Waals surface area (Å²) in [4.78, 5) is 28.4. The van der Waals surface area contributed by atoms with Crippen LogP contribution in [0.3, 0.4) is 0 Å². The Morgan fingerprint density at radius 2 is 1.67 bits per heavy atom. The second-order valence-electron chi connectivity index (χ2n) is 8.45. The first kappa shape index (κ1) is 25.3. The number of carbonyl (C=O) groups excluding carboxylic acids is 2. The van der Waals surface area contributed by atoms with Crippen LogP contribution in [-0.2, 0) is 4.79 Å². The molecule has 7 nitrogen and oxygen atoms in total. The molecule has 1 fully saturated rings. The Balaban J connectivity index is 1.65. The van der Waals surface area contributed by atoms with Crippen LogP contribution in [0, 0.1) is 0 Å². The number of nitrogens with one attached hydrogen (secondary N) is 2. The van der Waals surface area contributed by atoms with Crippen LogP contribution in [0.1, 0.15) is 41.4 Å². The number of hydrazone groups is 1. The maximum atomic E-state index is 13.1. The van der Waals surface area contributed by atoms with E-state index in [4.69, 9.17) is 16.3 Å². The van der Waals surface area contributed by atoms with Gasteiger partial charge >= 0.3 is 5.91 Å². The molecule has 186 valence electrons. The summed E-state index contributed by atoms with van der Waals surface area (Å²) in [7, 11) is 1.57. The van der Waals surface area contributed by atoms with Gasteiger partial charge in [-0.05, 0) is 74.5 Å². The Bertz CT molecular complexity index is 1240. The Morgan fingerprint density at radius 3 is 2.25 bits per heavy atom. The van der Waals surface area contributed by atoms with Crippen molar-refractivity contribution in [1.29, 1.82) is 0 Å². The van der Waals surface area contributed by atoms with Crippen molar-refractivity contribution in [3.05, 3.63) is 94.5 Å². The van der Waals surface area contributed by atoms with Crippen molar-refractivity contribution in [1.82, 2.24) is 10.7 Å². The third kappa shape index (κ3) is 5.52. The van der Waals surface area contributed by atoms with E-state index in [2.05, 4.69) is 41.6 Å². The molecule has 0 aliphatic carbocycles. The van der Waals surface area contributed by atoms with Crippen LogP contribution in [0.5, 0.6) is 5.75 Å². The number of amides is 2. The molecule has 8 heteroatoms. The van der Waals surface area contributed by atoms with E-state index in [9.17, 15) is 9.59 Å². The smallest absolute Gasteiger partial charge is 0.304 e. The highest BCUT2D eigenvalue weighted by molar-refractivity contribution is 6.30. The maximum absolute atomic E-state index is 13.1. The molecule has 3 aromatic rings. The molecule has 1 saturated heterocycles. The predicted molar refractivity (Wildman–Crippen MR) is 142 cm³/mol. The fraction of sp³-hybridized carbons (Fsp3) is 0.250. The molecule has 4 rings (SSSR count). The number of benzene rings is 3. The van der Waals surface area contributed by atoms with Crippen LogP contribution in [0.15, 0.2) is 72.8 Å². The third-order valence-corrected chi connectivity index (χ3v) is 6.55. The maximum Gasteiger partial charge on any atom is 0.304 e. The summed E-state index contributed by atoms with van der Waals surface area (Å²) in [6, 6.07) is 20.9. The van der Waals surface area contributed by atoms with Crippen molar-refractivity contribution < 1.29 is 19.0 Å². The number of nitrogens with zero attached hydrogens (tertiary/aromatic N) is 2. The number of methoxy groups -OCH3 is 1. The van der Waals surface area contributed by atoms with Crippen LogP contribution in [-0.4, -0.2) is 49.0 Å². The standard InChI is InChI=1S/C28H29ClN4O3/c1-4-32(5-2)23-14-6-19(7-15-23)18-33-26(20-8-12-22(29)13-9-20)25(28(35)31-33)30-27(34)21-10-16-24(36-3)17-11-21/h6-18,25-26H,4-5H2,1-3H3,(H-,30,31,34,35)/p+1/t25-,26+/m0/s1. The number of hydrogen-bond donors (Lipinski definition) is 2. The van der Waals surface area contributed by atoms with Gasteiger partial charge in [0.05, 0.1) is 7.11 Å². The van der Waals surface area contributed by atoms with Gasteiger partial charge in [-0.1, -0.05) is 23.7 Å². The summed E-state index contributed by atoms with van der Waals surface area (Å²) in [5.74, 6) is 0.00648. The van der Waals surface area contributed by atoms with Gasteiger partial charge in [-0.15, -0.1) is 10.1 Å². The molecule has 0 spiro atoms. The summed E-state index contributed by atoms with van der Waals surface area (Å²) in [6.45, 7) is 6.10. The Labute approximate surface area is 216 Å². The molecular weight excluding hydrogens is 476 g/mol. The van der Waals surface area contributed by atoms with Crippen LogP contribution in [0.2, 0.25) is 5.02 Å². The Morgan fingerprint density at radius 1 is 1.03 bits per heavy atom. The average Bonchev–Trinajstić information content (AvgIpc) is 3.20. The summed E-state index contributed by atoms with van der Waals surface area (Å²) < 4.78 is 6.91. The Kier molecular flexibility index (Phi) is 7.90. The lowest BCUT2D eigenvalue weighted by Crippen LogP contribution is -2.42. The lowest BCUT2D eigenvalue weighted by molar-refractivity contribution is -0.596. The molecular formula is C28H30ClN4O3+. The van der Waals surface area contributed by atoms with Crippen molar-refractivity contribution in [2.75, 3.05) is 25.1 Å². The van der Waals surface area contributed by atoms with Crippen LogP contribution >= 0.6 is 11.6 Å². The van der Waals surface area contributed by atoms with Gasteiger partial charge in [0.1, 0.15) is 5.75 Å². The minimum atomic E-state index is -0.813. The highest BCUT2D eigenvalue weighted by Crippen LogP contribution is 2.27.